The van der Waals surface area contributed by atoms with Gasteiger partial charge in [-0.05, 0) is 37.1 Å². The highest BCUT2D eigenvalue weighted by molar-refractivity contribution is 7.13. The van der Waals surface area contributed by atoms with Crippen LogP contribution in [0.4, 0.5) is 10.8 Å². The molecule has 0 spiro atoms. The molecule has 1 aromatic carbocycles. The average molecular weight is 277 g/mol. The van der Waals surface area contributed by atoms with Crippen molar-refractivity contribution in [3.63, 3.8) is 0 Å². The number of aliphatic carboxylic acids is 1. The average Bonchev–Trinajstić information content (AvgIpc) is 2.74. The van der Waals surface area contributed by atoms with Crippen molar-refractivity contribution in [1.82, 2.24) is 4.98 Å². The fourth-order valence-electron chi connectivity index (χ4n) is 1.78. The Morgan fingerprint density at radius 3 is 2.58 bits per heavy atom. The van der Waals surface area contributed by atoms with Crippen LogP contribution in [-0.2, 0) is 4.79 Å². The summed E-state index contributed by atoms with van der Waals surface area (Å²) in [5, 5.41) is 14.3. The van der Waals surface area contributed by atoms with Crippen LogP contribution in [0.2, 0.25) is 0 Å². The first-order valence-electron chi connectivity index (χ1n) is 5.75. The Kier molecular flexibility index (Phi) is 3.82. The van der Waals surface area contributed by atoms with E-state index in [1.54, 1.807) is 5.38 Å². The first-order chi connectivity index (χ1) is 8.95. The van der Waals surface area contributed by atoms with Crippen LogP contribution in [0, 0.1) is 13.8 Å². The molecular weight excluding hydrogens is 262 g/mol. The van der Waals surface area contributed by atoms with Crippen LogP contribution in [0.3, 0.4) is 0 Å². The van der Waals surface area contributed by atoms with E-state index in [1.807, 2.05) is 26.0 Å². The van der Waals surface area contributed by atoms with E-state index in [1.165, 1.54) is 11.3 Å². The van der Waals surface area contributed by atoms with Gasteiger partial charge >= 0.3 is 5.97 Å². The van der Waals surface area contributed by atoms with Crippen molar-refractivity contribution in [1.29, 1.82) is 0 Å². The van der Waals surface area contributed by atoms with Crippen molar-refractivity contribution in [2.75, 3.05) is 5.32 Å². The number of benzene rings is 1. The number of nitrogens with zero attached hydrogens (tertiary/aromatic N) is 1. The van der Waals surface area contributed by atoms with Crippen molar-refractivity contribution >= 4 is 28.1 Å². The van der Waals surface area contributed by atoms with E-state index in [9.17, 15) is 4.79 Å². The number of nitrogens with one attached hydrogen (secondary N) is 1. The lowest BCUT2D eigenvalue weighted by Gasteiger charge is -2.06. The zero-order valence-electron chi connectivity index (χ0n) is 10.7. The standard InChI is InChI=1S/C13H15N3O2S/c1-7-3-8(2)5-9(4-7)15-13-16-10(6-19-13)11(14)12(17)18/h3-6,11H,14H2,1-2H3,(H,15,16)(H,17,18). The predicted octanol–water partition coefficient (Wildman–Crippen LogP) is 2.59. The lowest BCUT2D eigenvalue weighted by atomic mass is 10.1. The highest BCUT2D eigenvalue weighted by atomic mass is 32.1. The Bertz CT molecular complexity index is 589. The lowest BCUT2D eigenvalue weighted by molar-refractivity contribution is -0.138. The van der Waals surface area contributed by atoms with Crippen LogP contribution in [-0.4, -0.2) is 16.1 Å². The van der Waals surface area contributed by atoms with Crippen LogP contribution >= 0.6 is 11.3 Å². The van der Waals surface area contributed by atoms with Gasteiger partial charge in [0.05, 0.1) is 5.69 Å². The minimum Gasteiger partial charge on any atom is -0.480 e. The second-order valence-corrected chi connectivity index (χ2v) is 5.25. The third kappa shape index (κ3) is 3.30. The molecule has 6 heteroatoms. The van der Waals surface area contributed by atoms with Crippen LogP contribution in [0.5, 0.6) is 0 Å². The second-order valence-electron chi connectivity index (χ2n) is 4.39. The SMILES string of the molecule is Cc1cc(C)cc(Nc2nc(C(N)C(=O)O)cs2)c1. The molecule has 2 aromatic rings. The maximum Gasteiger partial charge on any atom is 0.326 e. The van der Waals surface area contributed by atoms with Crippen LogP contribution in [0.1, 0.15) is 22.9 Å². The van der Waals surface area contributed by atoms with E-state index >= 15 is 0 Å². The first kappa shape index (κ1) is 13.5. The fourth-order valence-corrected chi connectivity index (χ4v) is 2.55. The smallest absolute Gasteiger partial charge is 0.326 e. The number of hydrogen-bond donors (Lipinski definition) is 3. The van der Waals surface area contributed by atoms with E-state index in [0.717, 1.165) is 16.8 Å². The van der Waals surface area contributed by atoms with Crippen LogP contribution < -0.4 is 11.1 Å². The van der Waals surface area contributed by atoms with Gasteiger partial charge in [0, 0.05) is 11.1 Å². The molecule has 0 radical (unpaired) electrons. The van der Waals surface area contributed by atoms with Gasteiger partial charge in [0.2, 0.25) is 0 Å². The van der Waals surface area contributed by atoms with Crippen molar-refractivity contribution in [3.8, 4) is 0 Å². The molecule has 1 unspecified atom stereocenters. The zero-order valence-corrected chi connectivity index (χ0v) is 11.5. The zero-order chi connectivity index (χ0) is 14.0. The highest BCUT2D eigenvalue weighted by Crippen LogP contribution is 2.24. The molecular formula is C13H15N3O2S. The van der Waals surface area contributed by atoms with E-state index in [-0.39, 0.29) is 0 Å². The van der Waals surface area contributed by atoms with Crippen molar-refractivity contribution in [2.24, 2.45) is 5.73 Å². The lowest BCUT2D eigenvalue weighted by Crippen LogP contribution is -2.20. The molecule has 100 valence electrons. The number of carboxylic acids is 1. The second kappa shape index (κ2) is 5.38. The molecule has 0 aliphatic heterocycles. The van der Waals surface area contributed by atoms with Gasteiger partial charge in [-0.1, -0.05) is 6.07 Å². The normalized spacial score (nSPS) is 12.2. The number of anilines is 2. The molecule has 0 bridgehead atoms. The number of thiazole rings is 1. The summed E-state index contributed by atoms with van der Waals surface area (Å²) in [4.78, 5) is 15.0. The summed E-state index contributed by atoms with van der Waals surface area (Å²) in [6.07, 6.45) is 0. The van der Waals surface area contributed by atoms with Gasteiger partial charge in [-0.15, -0.1) is 11.3 Å². The first-order valence-corrected chi connectivity index (χ1v) is 6.63. The Hall–Kier alpha value is -1.92. The summed E-state index contributed by atoms with van der Waals surface area (Å²) in [5.74, 6) is -1.08. The quantitative estimate of drug-likeness (QED) is 0.799. The Morgan fingerprint density at radius 1 is 1.37 bits per heavy atom. The van der Waals surface area contributed by atoms with Gasteiger partial charge in [-0.2, -0.15) is 0 Å². The van der Waals surface area contributed by atoms with Crippen molar-refractivity contribution < 1.29 is 9.90 Å². The number of hydrogen-bond acceptors (Lipinski definition) is 5. The van der Waals surface area contributed by atoms with Gasteiger partial charge in [0.25, 0.3) is 0 Å². The van der Waals surface area contributed by atoms with E-state index in [2.05, 4.69) is 16.4 Å². The van der Waals surface area contributed by atoms with Crippen molar-refractivity contribution in [2.45, 2.75) is 19.9 Å². The summed E-state index contributed by atoms with van der Waals surface area (Å²) in [5.41, 5.74) is 9.12. The molecule has 19 heavy (non-hydrogen) atoms. The molecule has 0 aliphatic rings. The van der Waals surface area contributed by atoms with Gasteiger partial charge in [0.1, 0.15) is 6.04 Å². The molecule has 1 atom stereocenters. The number of aryl methyl sites for hydroxylation is 2. The summed E-state index contributed by atoms with van der Waals surface area (Å²) in [6.45, 7) is 4.04. The summed E-state index contributed by atoms with van der Waals surface area (Å²) in [6, 6.07) is 5.01. The molecule has 4 N–H and O–H groups in total. The third-order valence-corrected chi connectivity index (χ3v) is 3.36. The van der Waals surface area contributed by atoms with E-state index in [0.29, 0.717) is 10.8 Å². The Morgan fingerprint density at radius 2 is 2.00 bits per heavy atom. The number of carboxylic acid groups (broad SMARTS) is 1. The van der Waals surface area contributed by atoms with Gasteiger partial charge in [-0.25, -0.2) is 4.98 Å². The fraction of sp³-hybridized carbons (Fsp3) is 0.231. The molecule has 2 rings (SSSR count). The van der Waals surface area contributed by atoms with Crippen molar-refractivity contribution in [3.05, 3.63) is 40.4 Å². The number of aromatic nitrogens is 1. The molecule has 0 amide bonds. The molecule has 1 heterocycles. The molecule has 0 aliphatic carbocycles. The summed E-state index contributed by atoms with van der Waals surface area (Å²) < 4.78 is 0. The number of nitrogens with two attached hydrogens (primary N) is 1. The van der Waals surface area contributed by atoms with Gasteiger partial charge in [-0.3, -0.25) is 4.79 Å². The summed E-state index contributed by atoms with van der Waals surface area (Å²) >= 11 is 1.34. The maximum absolute atomic E-state index is 10.8. The highest BCUT2D eigenvalue weighted by Gasteiger charge is 2.17. The van der Waals surface area contributed by atoms with E-state index < -0.39 is 12.0 Å². The number of carbonyl (C=O) groups is 1. The monoisotopic (exact) mass is 277 g/mol. The van der Waals surface area contributed by atoms with Gasteiger partial charge in [0.15, 0.2) is 5.13 Å². The molecule has 1 aromatic heterocycles. The molecule has 0 saturated heterocycles. The third-order valence-electron chi connectivity index (χ3n) is 2.58. The van der Waals surface area contributed by atoms with Crippen LogP contribution in [0.25, 0.3) is 0 Å². The molecule has 0 saturated carbocycles. The topological polar surface area (TPSA) is 88.2 Å². The minimum atomic E-state index is -1.08. The predicted molar refractivity (Wildman–Crippen MR) is 75.9 cm³/mol. The summed E-state index contributed by atoms with van der Waals surface area (Å²) in [7, 11) is 0. The Labute approximate surface area is 115 Å². The minimum absolute atomic E-state index is 0.365. The largest absolute Gasteiger partial charge is 0.480 e. The van der Waals surface area contributed by atoms with E-state index in [4.69, 9.17) is 10.8 Å². The Balaban J connectivity index is 2.18. The maximum atomic E-state index is 10.8. The van der Waals surface area contributed by atoms with Gasteiger partial charge < -0.3 is 16.2 Å². The number of rotatable bonds is 4. The molecule has 5 nitrogen and oxygen atoms in total. The van der Waals surface area contributed by atoms with Crippen LogP contribution in [0.15, 0.2) is 23.6 Å². The molecule has 0 fully saturated rings.